The Hall–Kier alpha value is -6.00. The molecule has 5 rings (SSSR count). The molecule has 4 fully saturated rings. The van der Waals surface area contributed by atoms with Gasteiger partial charge in [0.05, 0.1) is 26.4 Å². The van der Waals surface area contributed by atoms with Gasteiger partial charge in [0.2, 0.25) is 17.7 Å². The molecule has 5 amide bonds. The number of carboxylic acid groups (broad SMARTS) is 1. The number of hydrogen-bond donors (Lipinski definition) is 16. The van der Waals surface area contributed by atoms with Gasteiger partial charge in [-0.05, 0) is 85.0 Å². The second kappa shape index (κ2) is 37.3. The molecule has 560 valence electrons. The minimum absolute atomic E-state index is 0.119. The lowest BCUT2D eigenvalue weighted by atomic mass is 9.85. The van der Waals surface area contributed by atoms with Crippen molar-refractivity contribution in [3.05, 3.63) is 70.7 Å². The Morgan fingerprint density at radius 3 is 1.82 bits per heavy atom. The molecule has 4 heterocycles. The average molecular weight is 1440 g/mol. The van der Waals surface area contributed by atoms with Crippen LogP contribution in [0, 0.1) is 5.41 Å². The van der Waals surface area contributed by atoms with Crippen LogP contribution in [-0.4, -0.2) is 252 Å². The van der Waals surface area contributed by atoms with Crippen LogP contribution in [0.1, 0.15) is 120 Å². The molecule has 22 unspecified atom stereocenters. The van der Waals surface area contributed by atoms with Gasteiger partial charge < -0.3 is 126 Å². The largest absolute Gasteiger partial charge is 0.510 e. The smallest absolute Gasteiger partial charge is 0.474 e. The third-order valence-corrected chi connectivity index (χ3v) is 17.8. The Balaban J connectivity index is 1.31. The Bertz CT molecular complexity index is 3040. The molecule has 22 atom stereocenters. The number of aliphatic carboxylic acids is 1. The van der Waals surface area contributed by atoms with E-state index in [2.05, 4.69) is 81.5 Å². The first kappa shape index (κ1) is 83.7. The lowest BCUT2D eigenvalue weighted by molar-refractivity contribution is -0.372. The summed E-state index contributed by atoms with van der Waals surface area (Å²) in [6.45, 7) is 15.5. The van der Waals surface area contributed by atoms with E-state index in [0.717, 1.165) is 64.0 Å². The number of ketones is 1. The molecule has 0 aromatic heterocycles. The summed E-state index contributed by atoms with van der Waals surface area (Å²) in [5, 5.41) is 117. The fourth-order valence-electron chi connectivity index (χ4n) is 11.3. The zero-order chi connectivity index (χ0) is 74.2. The lowest BCUT2D eigenvalue weighted by Crippen LogP contribution is -2.72. The average Bonchev–Trinajstić information content (AvgIpc) is 1.26. The van der Waals surface area contributed by atoms with E-state index in [-0.39, 0.29) is 24.9 Å². The number of ether oxygens (including phenoxy) is 9. The number of allylic oxidation sites excluding steroid dienone is 10. The van der Waals surface area contributed by atoms with Crippen LogP contribution in [-0.2, 0) is 85.0 Å². The summed E-state index contributed by atoms with van der Waals surface area (Å²) in [7, 11) is -5.75. The second-order valence-corrected chi connectivity index (χ2v) is 27.4. The van der Waals surface area contributed by atoms with E-state index in [0.29, 0.717) is 12.8 Å². The van der Waals surface area contributed by atoms with Crippen LogP contribution in [0.5, 0.6) is 0 Å². The first-order valence-electron chi connectivity index (χ1n) is 32.0. The van der Waals surface area contributed by atoms with Crippen molar-refractivity contribution in [2.45, 2.75) is 248 Å². The predicted octanol–water partition coefficient (Wildman–Crippen LogP) is -0.880. The maximum absolute atomic E-state index is 13.9. The Kier molecular flexibility index (Phi) is 31.5. The number of Topliss-reactive ketones (excluding diaryl/α,β-unsaturated/α-hetero) is 1. The number of nitrogens with one attached hydrogen (secondary N) is 3. The molecule has 4 aliphatic heterocycles. The first-order chi connectivity index (χ1) is 46.2. The Morgan fingerprint density at radius 2 is 1.30 bits per heavy atom. The summed E-state index contributed by atoms with van der Waals surface area (Å²) in [4.78, 5) is 100. The molecule has 35 nitrogen and oxygen atoms in total. The number of aliphatic hydroxyl groups excluding tert-OH is 8. The Morgan fingerprint density at radius 1 is 0.747 bits per heavy atom. The number of carbonyl (C=O) groups is 7. The highest BCUT2D eigenvalue weighted by Crippen LogP contribution is 2.49. The highest BCUT2D eigenvalue weighted by molar-refractivity contribution is 7.47. The fraction of sp³-hybridized carbons (Fsp3) is 0.698. The van der Waals surface area contributed by atoms with Crippen molar-refractivity contribution in [3.63, 3.8) is 0 Å². The number of carbonyl (C=O) groups excluding carboxylic acids is 6. The summed E-state index contributed by atoms with van der Waals surface area (Å²) in [6, 6.07) is -3.88. The van der Waals surface area contributed by atoms with Crippen LogP contribution in [0.25, 0.3) is 0 Å². The van der Waals surface area contributed by atoms with Gasteiger partial charge >= 0.3 is 19.9 Å². The number of hydrogen-bond acceptors (Lipinski definition) is 28. The number of primary amides is 2. The van der Waals surface area contributed by atoms with Gasteiger partial charge in [0, 0.05) is 26.7 Å². The molecule has 0 aromatic carbocycles. The molecule has 0 radical (unpaired) electrons. The van der Waals surface area contributed by atoms with E-state index in [1.165, 1.54) is 11.1 Å². The number of phosphoric ester groups is 1. The molecule has 0 bridgehead atoms. The number of phosphoric acid groups is 1. The molecular weight excluding hydrogens is 1340 g/mol. The van der Waals surface area contributed by atoms with Crippen molar-refractivity contribution in [2.75, 3.05) is 26.4 Å². The van der Waals surface area contributed by atoms with Gasteiger partial charge in [-0.25, -0.2) is 14.2 Å². The quantitative estimate of drug-likeness (QED) is 0.0271. The third kappa shape index (κ3) is 23.8. The summed E-state index contributed by atoms with van der Waals surface area (Å²) in [5.74, 6) is -7.52. The SMILES string of the molecule is C=C(C/C=C(\C)CCC=C(C)C)CCC(C)(C)/C=C/CC/C(C)=C/COC(COP(=O)(O)OC1OC(C(N)=O)C(C)(O)C(OC(N)=O)C1OC1OC(CO)C(OC2OC(CO)C(OC3OC(C(=O)NC4=C(O)CCC4=O)C(O)C(O)C3O)C(O)C2NC(C)=O)C(O)C1NC(C)=O)C(=O)O. The zero-order valence-corrected chi connectivity index (χ0v) is 57.5. The van der Waals surface area contributed by atoms with Gasteiger partial charge in [-0.15, -0.1) is 0 Å². The van der Waals surface area contributed by atoms with Crippen molar-refractivity contribution < 1.29 is 146 Å². The van der Waals surface area contributed by atoms with E-state index in [4.69, 9.17) is 63.1 Å². The van der Waals surface area contributed by atoms with Crippen LogP contribution in [0.15, 0.2) is 70.7 Å². The number of nitrogens with two attached hydrogens (primary N) is 2. The van der Waals surface area contributed by atoms with Crippen LogP contribution in [0.4, 0.5) is 4.79 Å². The van der Waals surface area contributed by atoms with Crippen LogP contribution in [0.3, 0.4) is 0 Å². The van der Waals surface area contributed by atoms with Crippen LogP contribution < -0.4 is 27.4 Å². The molecule has 0 aromatic rings. The first-order valence-corrected chi connectivity index (χ1v) is 33.5. The van der Waals surface area contributed by atoms with Crippen molar-refractivity contribution in [1.82, 2.24) is 16.0 Å². The molecule has 5 aliphatic rings. The molecule has 0 spiro atoms. The molecular formula is C63H98N5O30P. The van der Waals surface area contributed by atoms with Gasteiger partial charge in [-0.2, -0.15) is 0 Å². The van der Waals surface area contributed by atoms with E-state index >= 15 is 0 Å². The molecule has 18 N–H and O–H groups in total. The fourth-order valence-corrected chi connectivity index (χ4v) is 12.1. The number of aliphatic hydroxyl groups is 9. The van der Waals surface area contributed by atoms with Gasteiger partial charge in [-0.3, -0.25) is 33.0 Å². The number of rotatable bonds is 35. The zero-order valence-electron chi connectivity index (χ0n) is 56.6. The second-order valence-electron chi connectivity index (χ2n) is 26.0. The van der Waals surface area contributed by atoms with Crippen molar-refractivity contribution in [2.24, 2.45) is 16.9 Å². The molecule has 99 heavy (non-hydrogen) atoms. The highest BCUT2D eigenvalue weighted by Gasteiger charge is 2.62. The lowest BCUT2D eigenvalue weighted by Gasteiger charge is -2.51. The topological polar surface area (TPSA) is 549 Å². The summed E-state index contributed by atoms with van der Waals surface area (Å²) >= 11 is 0. The minimum atomic E-state index is -5.75. The normalized spacial score (nSPS) is 33.3. The third-order valence-electron chi connectivity index (χ3n) is 16.9. The molecule has 0 saturated carbocycles. The van der Waals surface area contributed by atoms with Gasteiger partial charge in [-0.1, -0.05) is 73.1 Å². The van der Waals surface area contributed by atoms with E-state index in [9.17, 15) is 94.1 Å². The van der Waals surface area contributed by atoms with Gasteiger partial charge in [0.15, 0.2) is 61.5 Å². The van der Waals surface area contributed by atoms with E-state index in [1.807, 2.05) is 0 Å². The number of carboxylic acids is 1. The molecule has 36 heteroatoms. The Labute approximate surface area is 571 Å². The molecule has 1 aliphatic carbocycles. The monoisotopic (exact) mass is 1440 g/mol. The minimum Gasteiger partial charge on any atom is -0.510 e. The van der Waals surface area contributed by atoms with Crippen molar-refractivity contribution >= 4 is 49.3 Å². The summed E-state index contributed by atoms with van der Waals surface area (Å²) < 4.78 is 75.8. The van der Waals surface area contributed by atoms with E-state index in [1.54, 1.807) is 13.0 Å². The van der Waals surface area contributed by atoms with Crippen LogP contribution >= 0.6 is 7.82 Å². The predicted molar refractivity (Wildman–Crippen MR) is 341 cm³/mol. The highest BCUT2D eigenvalue weighted by atomic mass is 31.2. The van der Waals surface area contributed by atoms with Gasteiger partial charge in [0.25, 0.3) is 5.91 Å². The maximum atomic E-state index is 13.9. The summed E-state index contributed by atoms with van der Waals surface area (Å²) in [5.41, 5.74) is 12.0. The van der Waals surface area contributed by atoms with E-state index < -0.39 is 209 Å². The maximum Gasteiger partial charge on any atom is 0.474 e. The van der Waals surface area contributed by atoms with Gasteiger partial charge in [0.1, 0.15) is 84.1 Å². The standard InChI is InChI=1S/C63H98N5O30P/c1-29(2)14-13-16-30(3)17-18-32(5)21-24-62(8,9)23-12-11-15-31(4)22-25-88-39(56(82)83)28-89-99(86,87)98-60-51(52(97-61(65)84)63(10,85)53(96-60)54(64)80)95-58-42(67-34(7)72)43(75)48(37(26-69)91-58)92-57-41(66-33(6)71)44(76)49(38(27-70)90-57)93-59-47(79)45(77)46(78)50(94-59)55(81)68-40-35(73)19-20-36(40)74/h12,14,17,22-23,37-39,41-53,57-60,69-70,73,75-79,85H,5,11,13,15-16,18-21,24-28H2,1-4,6-10H3,(H2,64,80)(H2,65,84)(H,66,71)(H,67,72)(H,68,81)(H,82,83)(H,86,87)/b23-12+,30-17+,31-22+. The summed E-state index contributed by atoms with van der Waals surface area (Å²) in [6.07, 6.45) is -25.1. The van der Waals surface area contributed by atoms with Crippen LogP contribution in [0.2, 0.25) is 0 Å². The van der Waals surface area contributed by atoms with Crippen molar-refractivity contribution in [1.29, 1.82) is 0 Å². The van der Waals surface area contributed by atoms with Crippen molar-refractivity contribution in [3.8, 4) is 0 Å². The number of amides is 5. The molecule has 4 saturated heterocycles.